The monoisotopic (exact) mass is 285 g/mol. The first-order chi connectivity index (χ1) is 8.45. The molecule has 0 atom stereocenters. The van der Waals surface area contributed by atoms with Gasteiger partial charge in [0.15, 0.2) is 5.70 Å². The zero-order valence-electron chi connectivity index (χ0n) is 8.68. The topological polar surface area (TPSA) is 96.0 Å². The molecule has 1 aromatic carbocycles. The molecular formula is C10H5Cl2N3O3. The molecule has 1 aromatic rings. The summed E-state index contributed by atoms with van der Waals surface area (Å²) in [6.45, 7) is 0. The number of nitriles is 1. The SMILES string of the molecule is N#CC(NC(=O)c1ccc([N+](=O)[O-])cc1)=C(Cl)Cl. The number of nitrogens with one attached hydrogen (secondary N) is 1. The van der Waals surface area contributed by atoms with Crippen LogP contribution in [-0.2, 0) is 0 Å². The van der Waals surface area contributed by atoms with E-state index in [-0.39, 0.29) is 21.4 Å². The molecule has 6 nitrogen and oxygen atoms in total. The first-order valence-electron chi connectivity index (χ1n) is 4.47. The molecule has 1 N–H and O–H groups in total. The number of nitro benzene ring substituents is 1. The molecule has 0 bridgehead atoms. The van der Waals surface area contributed by atoms with Crippen LogP contribution in [-0.4, -0.2) is 10.8 Å². The lowest BCUT2D eigenvalue weighted by Gasteiger charge is -2.03. The number of hydrogen-bond donors (Lipinski definition) is 1. The fourth-order valence-electron chi connectivity index (χ4n) is 1.04. The third-order valence-corrected chi connectivity index (χ3v) is 2.26. The van der Waals surface area contributed by atoms with Crippen molar-refractivity contribution in [2.45, 2.75) is 0 Å². The predicted octanol–water partition coefficient (Wildman–Crippen LogP) is 2.49. The summed E-state index contributed by atoms with van der Waals surface area (Å²) in [5, 5.41) is 21.2. The van der Waals surface area contributed by atoms with Gasteiger partial charge >= 0.3 is 0 Å². The summed E-state index contributed by atoms with van der Waals surface area (Å²) in [5.74, 6) is -0.639. The van der Waals surface area contributed by atoms with E-state index in [4.69, 9.17) is 28.5 Å². The van der Waals surface area contributed by atoms with Crippen LogP contribution < -0.4 is 5.32 Å². The van der Waals surface area contributed by atoms with E-state index in [1.807, 2.05) is 0 Å². The van der Waals surface area contributed by atoms with Gasteiger partial charge in [-0.2, -0.15) is 5.26 Å². The maximum absolute atomic E-state index is 11.6. The van der Waals surface area contributed by atoms with Gasteiger partial charge in [0.2, 0.25) is 0 Å². The number of hydrogen-bond acceptors (Lipinski definition) is 4. The van der Waals surface area contributed by atoms with Crippen molar-refractivity contribution in [2.24, 2.45) is 0 Å². The fourth-order valence-corrected chi connectivity index (χ4v) is 1.22. The Morgan fingerprint density at radius 3 is 2.28 bits per heavy atom. The molecule has 0 aromatic heterocycles. The Balaban J connectivity index is 2.90. The van der Waals surface area contributed by atoms with E-state index in [0.717, 1.165) is 0 Å². The largest absolute Gasteiger partial charge is 0.311 e. The summed E-state index contributed by atoms with van der Waals surface area (Å²) >= 11 is 10.7. The Labute approximate surface area is 112 Å². The van der Waals surface area contributed by atoms with Crippen molar-refractivity contribution in [2.75, 3.05) is 0 Å². The van der Waals surface area contributed by atoms with Crippen LogP contribution >= 0.6 is 23.2 Å². The molecule has 0 heterocycles. The van der Waals surface area contributed by atoms with Gasteiger partial charge in [0.25, 0.3) is 11.6 Å². The number of benzene rings is 1. The molecule has 0 aliphatic carbocycles. The summed E-state index contributed by atoms with van der Waals surface area (Å²) in [4.78, 5) is 21.4. The Morgan fingerprint density at radius 2 is 1.89 bits per heavy atom. The molecular weight excluding hydrogens is 281 g/mol. The van der Waals surface area contributed by atoms with Gasteiger partial charge in [-0.3, -0.25) is 14.9 Å². The predicted molar refractivity (Wildman–Crippen MR) is 64.9 cm³/mol. The average molecular weight is 286 g/mol. The minimum atomic E-state index is -0.639. The number of nitro groups is 1. The quantitative estimate of drug-likeness (QED) is 0.524. The van der Waals surface area contributed by atoms with Crippen molar-refractivity contribution >= 4 is 34.8 Å². The highest BCUT2D eigenvalue weighted by Gasteiger charge is 2.12. The molecule has 0 aliphatic heterocycles. The maximum Gasteiger partial charge on any atom is 0.269 e. The first kappa shape index (κ1) is 14.0. The van der Waals surface area contributed by atoms with Gasteiger partial charge in [0, 0.05) is 17.7 Å². The van der Waals surface area contributed by atoms with Gasteiger partial charge in [-0.1, -0.05) is 23.2 Å². The van der Waals surface area contributed by atoms with Gasteiger partial charge < -0.3 is 5.32 Å². The second-order valence-corrected chi connectivity index (χ2v) is 3.95. The summed E-state index contributed by atoms with van der Waals surface area (Å²) in [6, 6.07) is 6.46. The zero-order valence-corrected chi connectivity index (χ0v) is 10.2. The van der Waals surface area contributed by atoms with Crippen LogP contribution in [0.1, 0.15) is 10.4 Å². The summed E-state index contributed by atoms with van der Waals surface area (Å²) in [5.41, 5.74) is -0.289. The molecule has 1 amide bonds. The molecule has 8 heteroatoms. The molecule has 0 saturated heterocycles. The number of amides is 1. The van der Waals surface area contributed by atoms with Crippen LogP contribution in [0.2, 0.25) is 0 Å². The van der Waals surface area contributed by atoms with Gasteiger partial charge in [-0.15, -0.1) is 0 Å². The van der Waals surface area contributed by atoms with Crippen LogP contribution in [0.5, 0.6) is 0 Å². The van der Waals surface area contributed by atoms with Gasteiger partial charge in [0.05, 0.1) is 4.92 Å². The number of carbonyl (C=O) groups excluding carboxylic acids is 1. The lowest BCUT2D eigenvalue weighted by molar-refractivity contribution is -0.384. The van der Waals surface area contributed by atoms with E-state index in [0.29, 0.717) is 0 Å². The van der Waals surface area contributed by atoms with Crippen molar-refractivity contribution in [3.8, 4) is 6.07 Å². The molecule has 18 heavy (non-hydrogen) atoms. The highest BCUT2D eigenvalue weighted by molar-refractivity contribution is 6.56. The number of nitrogens with zero attached hydrogens (tertiary/aromatic N) is 2. The first-order valence-corrected chi connectivity index (χ1v) is 5.22. The van der Waals surface area contributed by atoms with Crippen molar-refractivity contribution in [1.82, 2.24) is 5.32 Å². The second kappa shape index (κ2) is 6.00. The third-order valence-electron chi connectivity index (χ3n) is 1.88. The number of halogens is 2. The Morgan fingerprint density at radius 1 is 1.33 bits per heavy atom. The van der Waals surface area contributed by atoms with E-state index in [1.54, 1.807) is 6.07 Å². The average Bonchev–Trinajstić information content (AvgIpc) is 2.35. The number of carbonyl (C=O) groups is 1. The van der Waals surface area contributed by atoms with Gasteiger partial charge in [0.1, 0.15) is 10.6 Å². The molecule has 0 spiro atoms. The highest BCUT2D eigenvalue weighted by Crippen LogP contribution is 2.14. The third kappa shape index (κ3) is 3.45. The van der Waals surface area contributed by atoms with Crippen molar-refractivity contribution in [1.29, 1.82) is 5.26 Å². The van der Waals surface area contributed by atoms with E-state index in [9.17, 15) is 14.9 Å². The zero-order chi connectivity index (χ0) is 13.7. The molecule has 0 saturated carbocycles. The van der Waals surface area contributed by atoms with Crippen LogP contribution in [0.25, 0.3) is 0 Å². The highest BCUT2D eigenvalue weighted by atomic mass is 35.5. The Bertz CT molecular complexity index is 557. The van der Waals surface area contributed by atoms with Crippen molar-refractivity contribution in [3.05, 3.63) is 50.1 Å². The minimum absolute atomic E-state index is 0.141. The van der Waals surface area contributed by atoms with Crippen LogP contribution in [0.15, 0.2) is 34.5 Å². The summed E-state index contributed by atoms with van der Waals surface area (Å²) < 4.78 is -0.368. The molecule has 1 rings (SSSR count). The summed E-state index contributed by atoms with van der Waals surface area (Å²) in [6.07, 6.45) is 0. The Hall–Kier alpha value is -2.10. The fraction of sp³-hybridized carbons (Fsp3) is 0. The van der Waals surface area contributed by atoms with E-state index in [1.165, 1.54) is 24.3 Å². The smallest absolute Gasteiger partial charge is 0.269 e. The Kier molecular flexibility index (Phi) is 4.66. The standard InChI is InChI=1S/C10H5Cl2N3O3/c11-9(12)8(5-13)14-10(16)6-1-3-7(4-2-6)15(17)18/h1-4H,(H,14,16). The van der Waals surface area contributed by atoms with Crippen molar-refractivity contribution in [3.63, 3.8) is 0 Å². The van der Waals surface area contributed by atoms with Crippen LogP contribution in [0.4, 0.5) is 5.69 Å². The molecule has 0 radical (unpaired) electrons. The lowest BCUT2D eigenvalue weighted by Crippen LogP contribution is -2.22. The number of non-ortho nitro benzene ring substituents is 1. The van der Waals surface area contributed by atoms with E-state index in [2.05, 4.69) is 5.32 Å². The number of allylic oxidation sites excluding steroid dienone is 1. The molecule has 0 fully saturated rings. The number of rotatable bonds is 3. The summed E-state index contributed by atoms with van der Waals surface area (Å²) in [7, 11) is 0. The lowest BCUT2D eigenvalue weighted by atomic mass is 10.2. The van der Waals surface area contributed by atoms with E-state index < -0.39 is 10.8 Å². The van der Waals surface area contributed by atoms with Crippen molar-refractivity contribution < 1.29 is 9.72 Å². The molecule has 0 aliphatic rings. The minimum Gasteiger partial charge on any atom is -0.311 e. The van der Waals surface area contributed by atoms with Gasteiger partial charge in [-0.25, -0.2) is 0 Å². The molecule has 92 valence electrons. The maximum atomic E-state index is 11.6. The van der Waals surface area contributed by atoms with Crippen LogP contribution in [0, 0.1) is 21.4 Å². The molecule has 0 unspecified atom stereocenters. The second-order valence-electron chi connectivity index (χ2n) is 3.01. The van der Waals surface area contributed by atoms with E-state index >= 15 is 0 Å². The van der Waals surface area contributed by atoms with Gasteiger partial charge in [-0.05, 0) is 12.1 Å². The normalized spacial score (nSPS) is 9.17. The van der Waals surface area contributed by atoms with Crippen LogP contribution in [0.3, 0.4) is 0 Å².